The number of hydrogen-bond acceptors (Lipinski definition) is 3. The van der Waals surface area contributed by atoms with Crippen LogP contribution in [0.15, 0.2) is 59.1 Å². The number of aromatic nitrogens is 2. The number of pyridine rings is 1. The number of nitrogens with one attached hydrogen (secondary N) is 1. The van der Waals surface area contributed by atoms with Crippen LogP contribution in [0.4, 0.5) is 0 Å². The van der Waals surface area contributed by atoms with Gasteiger partial charge in [-0.05, 0) is 31.5 Å². The van der Waals surface area contributed by atoms with Gasteiger partial charge in [0.2, 0.25) is 9.84 Å². The zero-order valence-electron chi connectivity index (χ0n) is 12.5. The number of H-pyrrole nitrogens is 1. The van der Waals surface area contributed by atoms with E-state index in [1.54, 1.807) is 42.6 Å². The maximum absolute atomic E-state index is 13.0. The zero-order valence-corrected chi connectivity index (χ0v) is 14.1. The summed E-state index contributed by atoms with van der Waals surface area (Å²) in [6, 6.07) is 8.46. The van der Waals surface area contributed by atoms with Crippen LogP contribution in [0.5, 0.6) is 0 Å². The minimum Gasteiger partial charge on any atom is -0.346 e. The fourth-order valence-corrected chi connectivity index (χ4v) is 4.24. The molecular weight excluding hydrogens is 332 g/mol. The fourth-order valence-electron chi connectivity index (χ4n) is 2.43. The first-order chi connectivity index (χ1) is 10.9. The van der Waals surface area contributed by atoms with Crippen LogP contribution in [-0.4, -0.2) is 18.4 Å². The molecule has 0 aliphatic heterocycles. The van der Waals surface area contributed by atoms with Crippen molar-refractivity contribution in [2.45, 2.75) is 23.3 Å². The first kappa shape index (κ1) is 15.8. The van der Waals surface area contributed by atoms with Crippen molar-refractivity contribution in [1.82, 2.24) is 9.97 Å². The standard InChI is InChI=1S/C17H15ClN2O2S/c1-3-4-14-15(18)13-9-10-19-16(13)20-17(14)23(21,22)12-7-5-11(2)6-8-12/h3,5-10H,1,4H2,2H3,(H,19,20). The van der Waals surface area contributed by atoms with E-state index < -0.39 is 9.84 Å². The molecule has 2 heterocycles. The highest BCUT2D eigenvalue weighted by Crippen LogP contribution is 2.33. The Morgan fingerprint density at radius 2 is 1.96 bits per heavy atom. The van der Waals surface area contributed by atoms with Crippen molar-refractivity contribution in [3.8, 4) is 0 Å². The third-order valence-corrected chi connectivity index (χ3v) is 5.80. The molecular formula is C17H15ClN2O2S. The third-order valence-electron chi connectivity index (χ3n) is 3.63. The van der Waals surface area contributed by atoms with Crippen LogP contribution in [0.2, 0.25) is 5.02 Å². The molecule has 118 valence electrons. The number of halogens is 1. The minimum atomic E-state index is -3.76. The highest BCUT2D eigenvalue weighted by atomic mass is 35.5. The van der Waals surface area contributed by atoms with Gasteiger partial charge in [0.25, 0.3) is 0 Å². The minimum absolute atomic E-state index is 0.0267. The Morgan fingerprint density at radius 3 is 2.61 bits per heavy atom. The van der Waals surface area contributed by atoms with Crippen molar-refractivity contribution in [1.29, 1.82) is 0 Å². The van der Waals surface area contributed by atoms with Crippen molar-refractivity contribution >= 4 is 32.5 Å². The largest absolute Gasteiger partial charge is 0.346 e. The molecule has 0 aliphatic carbocycles. The van der Waals surface area contributed by atoms with Crippen LogP contribution in [-0.2, 0) is 16.3 Å². The van der Waals surface area contributed by atoms with E-state index in [4.69, 9.17) is 11.6 Å². The smallest absolute Gasteiger partial charge is 0.224 e. The van der Waals surface area contributed by atoms with Gasteiger partial charge in [0, 0.05) is 17.1 Å². The molecule has 4 nitrogen and oxygen atoms in total. The number of aromatic amines is 1. The van der Waals surface area contributed by atoms with E-state index in [1.807, 2.05) is 6.92 Å². The second kappa shape index (κ2) is 5.83. The van der Waals surface area contributed by atoms with E-state index in [9.17, 15) is 8.42 Å². The summed E-state index contributed by atoms with van der Waals surface area (Å²) in [7, 11) is -3.76. The number of aryl methyl sites for hydroxylation is 1. The van der Waals surface area contributed by atoms with Gasteiger partial charge in [-0.3, -0.25) is 0 Å². The van der Waals surface area contributed by atoms with Gasteiger partial charge in [-0.15, -0.1) is 6.58 Å². The van der Waals surface area contributed by atoms with E-state index in [1.165, 1.54) is 0 Å². The van der Waals surface area contributed by atoms with E-state index in [0.29, 0.717) is 28.0 Å². The molecule has 0 aliphatic rings. The van der Waals surface area contributed by atoms with Crippen LogP contribution in [0.3, 0.4) is 0 Å². The van der Waals surface area contributed by atoms with E-state index >= 15 is 0 Å². The average Bonchev–Trinajstić information content (AvgIpc) is 2.99. The van der Waals surface area contributed by atoms with Crippen molar-refractivity contribution in [2.24, 2.45) is 0 Å². The SMILES string of the molecule is C=CCc1c(S(=O)(=O)c2ccc(C)cc2)nc2[nH]ccc2c1Cl. The number of allylic oxidation sites excluding steroid dienone is 1. The van der Waals surface area contributed by atoms with Crippen LogP contribution in [0.25, 0.3) is 11.0 Å². The Kier molecular flexibility index (Phi) is 4.00. The van der Waals surface area contributed by atoms with E-state index in [2.05, 4.69) is 16.5 Å². The average molecular weight is 347 g/mol. The molecule has 6 heteroatoms. The van der Waals surface area contributed by atoms with Crippen molar-refractivity contribution in [2.75, 3.05) is 0 Å². The molecule has 0 unspecified atom stereocenters. The van der Waals surface area contributed by atoms with E-state index in [-0.39, 0.29) is 9.92 Å². The maximum atomic E-state index is 13.0. The Hall–Kier alpha value is -2.11. The molecule has 2 aromatic heterocycles. The van der Waals surface area contributed by atoms with Gasteiger partial charge in [-0.1, -0.05) is 35.4 Å². The molecule has 0 saturated carbocycles. The summed E-state index contributed by atoms with van der Waals surface area (Å²) in [5.41, 5.74) is 1.91. The van der Waals surface area contributed by atoms with Gasteiger partial charge < -0.3 is 4.98 Å². The van der Waals surface area contributed by atoms with Crippen LogP contribution in [0.1, 0.15) is 11.1 Å². The fraction of sp³-hybridized carbons (Fsp3) is 0.118. The lowest BCUT2D eigenvalue weighted by Gasteiger charge is -2.11. The summed E-state index contributed by atoms with van der Waals surface area (Å²) >= 11 is 6.41. The maximum Gasteiger partial charge on any atom is 0.224 e. The summed E-state index contributed by atoms with van der Waals surface area (Å²) in [5.74, 6) is 0. The zero-order chi connectivity index (χ0) is 16.6. The predicted octanol–water partition coefficient (Wildman–Crippen LogP) is 4.09. The molecule has 1 N–H and O–H groups in total. The summed E-state index contributed by atoms with van der Waals surface area (Å²) in [6.07, 6.45) is 3.63. The lowest BCUT2D eigenvalue weighted by Crippen LogP contribution is -2.09. The lowest BCUT2D eigenvalue weighted by atomic mass is 10.2. The van der Waals surface area contributed by atoms with Crippen LogP contribution < -0.4 is 0 Å². The molecule has 3 rings (SSSR count). The quantitative estimate of drug-likeness (QED) is 0.724. The second-order valence-electron chi connectivity index (χ2n) is 5.26. The molecule has 0 atom stereocenters. The van der Waals surface area contributed by atoms with Gasteiger partial charge >= 0.3 is 0 Å². The van der Waals surface area contributed by atoms with Crippen LogP contribution in [0, 0.1) is 6.92 Å². The third kappa shape index (κ3) is 2.66. The second-order valence-corrected chi connectivity index (χ2v) is 7.50. The van der Waals surface area contributed by atoms with Gasteiger partial charge in [0.1, 0.15) is 5.65 Å². The molecule has 1 aromatic carbocycles. The summed E-state index contributed by atoms with van der Waals surface area (Å²) in [4.78, 5) is 7.42. The highest BCUT2D eigenvalue weighted by molar-refractivity contribution is 7.91. The van der Waals surface area contributed by atoms with Gasteiger partial charge in [-0.2, -0.15) is 0 Å². The van der Waals surface area contributed by atoms with Crippen molar-refractivity contribution in [3.63, 3.8) is 0 Å². The topological polar surface area (TPSA) is 62.8 Å². The summed E-state index contributed by atoms with van der Waals surface area (Å²) in [6.45, 7) is 5.59. The van der Waals surface area contributed by atoms with Crippen molar-refractivity contribution in [3.05, 3.63) is 65.3 Å². The number of hydrogen-bond donors (Lipinski definition) is 1. The first-order valence-corrected chi connectivity index (χ1v) is 8.89. The Bertz CT molecular complexity index is 989. The number of fused-ring (bicyclic) bond motifs is 1. The predicted molar refractivity (Wildman–Crippen MR) is 91.6 cm³/mol. The highest BCUT2D eigenvalue weighted by Gasteiger charge is 2.26. The molecule has 0 fully saturated rings. The van der Waals surface area contributed by atoms with Gasteiger partial charge in [0.15, 0.2) is 5.03 Å². The molecule has 0 spiro atoms. The summed E-state index contributed by atoms with van der Waals surface area (Å²) in [5, 5.41) is 1.06. The molecule has 3 aromatic rings. The molecule has 0 amide bonds. The van der Waals surface area contributed by atoms with Gasteiger partial charge in [-0.25, -0.2) is 13.4 Å². The molecule has 0 bridgehead atoms. The molecule has 23 heavy (non-hydrogen) atoms. The Morgan fingerprint density at radius 1 is 1.26 bits per heavy atom. The Balaban J connectivity index is 2.31. The molecule has 0 saturated heterocycles. The monoisotopic (exact) mass is 346 g/mol. The summed E-state index contributed by atoms with van der Waals surface area (Å²) < 4.78 is 26.0. The number of sulfone groups is 1. The number of benzene rings is 1. The number of nitrogens with zero attached hydrogens (tertiary/aromatic N) is 1. The first-order valence-electron chi connectivity index (χ1n) is 7.03. The normalized spacial score (nSPS) is 11.7. The lowest BCUT2D eigenvalue weighted by molar-refractivity contribution is 0.591. The molecule has 0 radical (unpaired) electrons. The van der Waals surface area contributed by atoms with E-state index in [0.717, 1.165) is 5.56 Å². The van der Waals surface area contributed by atoms with Gasteiger partial charge in [0.05, 0.1) is 9.92 Å². The van der Waals surface area contributed by atoms with Crippen LogP contribution >= 0.6 is 11.6 Å². The van der Waals surface area contributed by atoms with Crippen molar-refractivity contribution < 1.29 is 8.42 Å². The Labute approximate surface area is 139 Å². The number of rotatable bonds is 4.